The molecule has 246 valence electrons. The van der Waals surface area contributed by atoms with Gasteiger partial charge in [-0.2, -0.15) is 0 Å². The number of fused-ring (bicyclic) bond motifs is 2. The van der Waals surface area contributed by atoms with E-state index in [2.05, 4.69) is 125 Å². The number of nitriles is 1. The van der Waals surface area contributed by atoms with Crippen LogP contribution in [0.1, 0.15) is 23.1 Å². The highest BCUT2D eigenvalue weighted by molar-refractivity contribution is 6.00. The Hall–Kier alpha value is -7.14. The predicted molar refractivity (Wildman–Crippen MR) is 212 cm³/mol. The SMILES string of the molecule is [C-]#[N+]C(C#N)=C1C=C(C=Cc2ccc(N(c3ccc4ccccc4c3)c3cccc4ccccc34)cc2)OC(c2ccccc2)(c2ccccc2)C1. The van der Waals surface area contributed by atoms with Gasteiger partial charge in [0.2, 0.25) is 0 Å². The molecule has 7 aromatic rings. The fourth-order valence-corrected chi connectivity index (χ4v) is 7.12. The van der Waals surface area contributed by atoms with Crippen LogP contribution in [0.3, 0.4) is 0 Å². The Balaban J connectivity index is 1.18. The van der Waals surface area contributed by atoms with Crippen molar-refractivity contribution in [3.05, 3.63) is 227 Å². The van der Waals surface area contributed by atoms with Crippen LogP contribution in [-0.2, 0) is 10.3 Å². The lowest BCUT2D eigenvalue weighted by atomic mass is 9.79. The number of anilines is 3. The molecule has 7 aromatic carbocycles. The Labute approximate surface area is 303 Å². The maximum atomic E-state index is 9.92. The second-order valence-electron chi connectivity index (χ2n) is 12.8. The molecule has 1 aliphatic heterocycles. The second kappa shape index (κ2) is 14.0. The van der Waals surface area contributed by atoms with Crippen molar-refractivity contribution in [1.29, 1.82) is 5.26 Å². The average Bonchev–Trinajstić information content (AvgIpc) is 3.22. The largest absolute Gasteiger partial charge is 0.478 e. The van der Waals surface area contributed by atoms with E-state index >= 15 is 0 Å². The Morgan fingerprint density at radius 3 is 1.96 bits per heavy atom. The van der Waals surface area contributed by atoms with Crippen molar-refractivity contribution in [2.45, 2.75) is 12.0 Å². The molecule has 52 heavy (non-hydrogen) atoms. The van der Waals surface area contributed by atoms with Crippen LogP contribution in [0.25, 0.3) is 32.5 Å². The summed E-state index contributed by atoms with van der Waals surface area (Å²) >= 11 is 0. The molecule has 0 aromatic heterocycles. The van der Waals surface area contributed by atoms with Crippen molar-refractivity contribution in [3.63, 3.8) is 0 Å². The Kier molecular flexibility index (Phi) is 8.64. The Morgan fingerprint density at radius 2 is 1.27 bits per heavy atom. The molecule has 4 heteroatoms. The molecule has 8 rings (SSSR count). The highest BCUT2D eigenvalue weighted by atomic mass is 16.5. The van der Waals surface area contributed by atoms with Gasteiger partial charge in [0.25, 0.3) is 5.70 Å². The number of rotatable bonds is 7. The minimum Gasteiger partial charge on any atom is -0.478 e. The van der Waals surface area contributed by atoms with E-state index in [1.54, 1.807) is 0 Å². The highest BCUT2D eigenvalue weighted by Crippen LogP contribution is 2.46. The van der Waals surface area contributed by atoms with Crippen molar-refractivity contribution in [2.24, 2.45) is 0 Å². The van der Waals surface area contributed by atoms with Crippen molar-refractivity contribution < 1.29 is 4.74 Å². The van der Waals surface area contributed by atoms with Crippen LogP contribution in [-0.4, -0.2) is 0 Å². The molecule has 0 aliphatic carbocycles. The van der Waals surface area contributed by atoms with E-state index in [0.29, 0.717) is 17.8 Å². The zero-order chi connectivity index (χ0) is 35.3. The van der Waals surface area contributed by atoms with Gasteiger partial charge in [-0.25, -0.2) is 10.1 Å². The van der Waals surface area contributed by atoms with Gasteiger partial charge in [0.05, 0.1) is 18.3 Å². The lowest BCUT2D eigenvalue weighted by Gasteiger charge is -2.39. The van der Waals surface area contributed by atoms with Gasteiger partial charge in [-0.3, -0.25) is 0 Å². The topological polar surface area (TPSA) is 40.6 Å². The fraction of sp³-hybridized carbons (Fsp3) is 0.0417. The lowest BCUT2D eigenvalue weighted by Crippen LogP contribution is -2.34. The molecule has 0 amide bonds. The first-order chi connectivity index (χ1) is 25.6. The van der Waals surface area contributed by atoms with Gasteiger partial charge >= 0.3 is 0 Å². The lowest BCUT2D eigenvalue weighted by molar-refractivity contribution is 0.0348. The molecule has 0 radical (unpaired) electrons. The van der Waals surface area contributed by atoms with E-state index in [9.17, 15) is 5.26 Å². The summed E-state index contributed by atoms with van der Waals surface area (Å²) < 4.78 is 6.91. The standard InChI is InChI=1S/C48H33N3O/c1-50-46(34-49)39-32-44(52-48(33-39,40-17-4-2-5-18-40)41-19-6-3-7-20-41)30-25-35-23-27-42(28-24-35)51(43-29-26-36-13-8-9-15-38(36)31-43)47-22-12-16-37-14-10-11-21-45(37)47/h2-32H,33H2. The molecule has 0 bridgehead atoms. The van der Waals surface area contributed by atoms with Crippen LogP contribution in [0, 0.1) is 17.9 Å². The maximum Gasteiger partial charge on any atom is 0.265 e. The maximum absolute atomic E-state index is 9.92. The number of hydrogen-bond acceptors (Lipinski definition) is 3. The smallest absolute Gasteiger partial charge is 0.265 e. The van der Waals surface area contributed by atoms with Crippen molar-refractivity contribution in [3.8, 4) is 6.07 Å². The summed E-state index contributed by atoms with van der Waals surface area (Å²) in [6.07, 6.45) is 6.13. The van der Waals surface area contributed by atoms with Gasteiger partial charge in [0.1, 0.15) is 5.76 Å². The summed E-state index contributed by atoms with van der Waals surface area (Å²) in [4.78, 5) is 5.90. The summed E-state index contributed by atoms with van der Waals surface area (Å²) in [6, 6.07) is 60.6. The molecule has 0 atom stereocenters. The Bertz CT molecular complexity index is 2530. The minimum atomic E-state index is -0.915. The second-order valence-corrected chi connectivity index (χ2v) is 12.8. The molecular formula is C48H33N3O. The van der Waals surface area contributed by atoms with Gasteiger partial charge < -0.3 is 9.64 Å². The third-order valence-electron chi connectivity index (χ3n) is 9.64. The summed E-state index contributed by atoms with van der Waals surface area (Å²) in [5.74, 6) is 0.572. The van der Waals surface area contributed by atoms with E-state index in [0.717, 1.165) is 33.8 Å². The van der Waals surface area contributed by atoms with Crippen LogP contribution in [0.5, 0.6) is 0 Å². The molecule has 0 spiro atoms. The fourth-order valence-electron chi connectivity index (χ4n) is 7.12. The third kappa shape index (κ3) is 6.11. The first-order valence-corrected chi connectivity index (χ1v) is 17.2. The molecule has 0 saturated heterocycles. The average molecular weight is 668 g/mol. The van der Waals surface area contributed by atoms with E-state index in [1.165, 1.54) is 21.5 Å². The molecule has 4 nitrogen and oxygen atoms in total. The molecule has 1 aliphatic rings. The number of nitrogens with zero attached hydrogens (tertiary/aromatic N) is 3. The van der Waals surface area contributed by atoms with Crippen molar-refractivity contribution in [2.75, 3.05) is 4.90 Å². The van der Waals surface area contributed by atoms with Crippen molar-refractivity contribution in [1.82, 2.24) is 0 Å². The van der Waals surface area contributed by atoms with Gasteiger partial charge in [0.15, 0.2) is 5.60 Å². The molecule has 0 N–H and O–H groups in total. The third-order valence-corrected chi connectivity index (χ3v) is 9.64. The van der Waals surface area contributed by atoms with Crippen LogP contribution in [0.2, 0.25) is 0 Å². The van der Waals surface area contributed by atoms with Crippen molar-refractivity contribution >= 4 is 44.7 Å². The van der Waals surface area contributed by atoms with Crippen LogP contribution in [0.4, 0.5) is 17.1 Å². The van der Waals surface area contributed by atoms with E-state index in [1.807, 2.05) is 78.9 Å². The van der Waals surface area contributed by atoms with Gasteiger partial charge in [-0.15, -0.1) is 0 Å². The zero-order valence-electron chi connectivity index (χ0n) is 28.4. The number of allylic oxidation sites excluding steroid dienone is 3. The Morgan fingerprint density at radius 1 is 0.654 bits per heavy atom. The van der Waals surface area contributed by atoms with Crippen LogP contribution in [0.15, 0.2) is 199 Å². The van der Waals surface area contributed by atoms with Gasteiger partial charge in [-0.05, 0) is 69.8 Å². The molecule has 0 unspecified atom stereocenters. The monoisotopic (exact) mass is 667 g/mol. The number of ether oxygens (including phenoxy) is 1. The summed E-state index contributed by atoms with van der Waals surface area (Å²) in [5.41, 5.74) is 5.89. The predicted octanol–water partition coefficient (Wildman–Crippen LogP) is 12.4. The highest BCUT2D eigenvalue weighted by Gasteiger charge is 2.40. The minimum absolute atomic E-state index is 0.0667. The summed E-state index contributed by atoms with van der Waals surface area (Å²) in [5, 5.41) is 14.6. The molecule has 0 saturated carbocycles. The summed E-state index contributed by atoms with van der Waals surface area (Å²) in [6.45, 7) is 7.75. The van der Waals surface area contributed by atoms with E-state index < -0.39 is 5.60 Å². The normalized spacial score (nSPS) is 14.6. The van der Waals surface area contributed by atoms with Gasteiger partial charge in [0, 0.05) is 34.3 Å². The molecule has 0 fully saturated rings. The summed E-state index contributed by atoms with van der Waals surface area (Å²) in [7, 11) is 0. The van der Waals surface area contributed by atoms with Gasteiger partial charge in [-0.1, -0.05) is 146 Å². The number of benzene rings is 7. The van der Waals surface area contributed by atoms with Crippen LogP contribution < -0.4 is 4.90 Å². The quantitative estimate of drug-likeness (QED) is 0.125. The molecule has 1 heterocycles. The molecular weight excluding hydrogens is 635 g/mol. The zero-order valence-corrected chi connectivity index (χ0v) is 28.4. The first-order valence-electron chi connectivity index (χ1n) is 17.2. The van der Waals surface area contributed by atoms with Crippen LogP contribution >= 0.6 is 0 Å². The van der Waals surface area contributed by atoms with E-state index in [-0.39, 0.29) is 5.70 Å². The van der Waals surface area contributed by atoms with E-state index in [4.69, 9.17) is 11.3 Å². The number of hydrogen-bond donors (Lipinski definition) is 0. The first kappa shape index (κ1) is 32.1.